The molecule has 0 unspecified atom stereocenters. The van der Waals surface area contributed by atoms with Gasteiger partial charge in [0.2, 0.25) is 5.89 Å². The van der Waals surface area contributed by atoms with Crippen molar-refractivity contribution in [2.24, 2.45) is 0 Å². The van der Waals surface area contributed by atoms with Crippen LogP contribution in [-0.2, 0) is 13.0 Å². The lowest BCUT2D eigenvalue weighted by Gasteiger charge is -2.10. The molecule has 34 heavy (non-hydrogen) atoms. The van der Waals surface area contributed by atoms with Crippen molar-refractivity contribution in [3.63, 3.8) is 0 Å². The number of hydrogen-bond donors (Lipinski definition) is 1. The molecular weight excluding hydrogens is 475 g/mol. The number of nitrogens with zero attached hydrogens (tertiary/aromatic N) is 3. The highest BCUT2D eigenvalue weighted by atomic mass is 35.5. The van der Waals surface area contributed by atoms with Crippen LogP contribution in [0.4, 0.5) is 0 Å². The highest BCUT2D eigenvalue weighted by Crippen LogP contribution is 2.34. The number of ether oxygens (including phenoxy) is 2. The zero-order valence-electron chi connectivity index (χ0n) is 18.4. The summed E-state index contributed by atoms with van der Waals surface area (Å²) < 4.78 is 17.2. The number of nitrogens with one attached hydrogen (secondary N) is 1. The summed E-state index contributed by atoms with van der Waals surface area (Å²) in [6.07, 6.45) is 0.975. The van der Waals surface area contributed by atoms with Crippen LogP contribution in [0.15, 0.2) is 59.0 Å². The third-order valence-electron chi connectivity index (χ3n) is 5.39. The van der Waals surface area contributed by atoms with Gasteiger partial charge in [-0.1, -0.05) is 42.3 Å². The molecule has 2 heterocycles. The lowest BCUT2D eigenvalue weighted by atomic mass is 10.1. The first-order valence-electron chi connectivity index (χ1n) is 10.6. The summed E-state index contributed by atoms with van der Waals surface area (Å²) in [6.45, 7) is 2.22. The molecule has 3 aromatic carbocycles. The number of fused-ring (bicyclic) bond motifs is 1. The number of rotatable bonds is 7. The van der Waals surface area contributed by atoms with Crippen molar-refractivity contribution < 1.29 is 13.9 Å². The van der Waals surface area contributed by atoms with Gasteiger partial charge in [-0.2, -0.15) is 0 Å². The minimum atomic E-state index is 0.109. The second-order valence-electron chi connectivity index (χ2n) is 7.57. The highest BCUT2D eigenvalue weighted by Gasteiger charge is 2.14. The van der Waals surface area contributed by atoms with Crippen molar-refractivity contribution >= 4 is 34.2 Å². The number of aryl methyl sites for hydroxylation is 1. The van der Waals surface area contributed by atoms with Crippen molar-refractivity contribution in [1.82, 2.24) is 20.2 Å². The highest BCUT2D eigenvalue weighted by molar-refractivity contribution is 6.42. The number of aromatic nitrogens is 4. The van der Waals surface area contributed by atoms with Crippen LogP contribution >= 0.6 is 23.2 Å². The summed E-state index contributed by atoms with van der Waals surface area (Å²) in [7, 11) is 1.58. The van der Waals surface area contributed by atoms with Gasteiger partial charge in [0.1, 0.15) is 5.82 Å². The van der Waals surface area contributed by atoms with Crippen LogP contribution in [0.5, 0.6) is 11.5 Å². The fraction of sp³-hybridized carbons (Fsp3) is 0.160. The standard InChI is InChI=1S/C25H20Cl2N4O3/c1-3-14-4-6-15(7-5-14)25-31-30-23(34-25)13-33-21-9-8-16(10-22(21)32-2)24-28-19-11-17(26)18(27)12-20(19)29-24/h4-12H,3,13H2,1-2H3,(H,28,29). The van der Waals surface area contributed by atoms with Crippen LogP contribution in [0.1, 0.15) is 18.4 Å². The minimum Gasteiger partial charge on any atom is -0.493 e. The number of H-pyrrole nitrogens is 1. The van der Waals surface area contributed by atoms with Crippen molar-refractivity contribution in [3.8, 4) is 34.3 Å². The Morgan fingerprint density at radius 2 is 1.68 bits per heavy atom. The molecule has 0 spiro atoms. The molecule has 172 valence electrons. The zero-order chi connectivity index (χ0) is 23.7. The first kappa shape index (κ1) is 22.3. The van der Waals surface area contributed by atoms with E-state index in [-0.39, 0.29) is 6.61 Å². The third-order valence-corrected chi connectivity index (χ3v) is 6.11. The first-order valence-corrected chi connectivity index (χ1v) is 11.4. The van der Waals surface area contributed by atoms with Crippen molar-refractivity contribution in [3.05, 3.63) is 76.1 Å². The molecule has 0 aliphatic heterocycles. The van der Waals surface area contributed by atoms with Crippen molar-refractivity contribution in [2.75, 3.05) is 7.11 Å². The summed E-state index contributed by atoms with van der Waals surface area (Å²) in [4.78, 5) is 7.85. The Hall–Kier alpha value is -3.55. The molecule has 2 aromatic heterocycles. The Labute approximate surface area is 205 Å². The van der Waals surface area contributed by atoms with E-state index in [0.717, 1.165) is 28.6 Å². The second-order valence-corrected chi connectivity index (χ2v) is 8.39. The molecule has 0 aliphatic carbocycles. The maximum atomic E-state index is 6.11. The molecule has 5 aromatic rings. The fourth-order valence-electron chi connectivity index (χ4n) is 3.53. The van der Waals surface area contributed by atoms with Gasteiger partial charge in [-0.15, -0.1) is 10.2 Å². The molecule has 0 saturated heterocycles. The van der Waals surface area contributed by atoms with Gasteiger partial charge in [0.25, 0.3) is 5.89 Å². The topological polar surface area (TPSA) is 86.1 Å². The van der Waals surface area contributed by atoms with Gasteiger partial charge in [-0.3, -0.25) is 0 Å². The summed E-state index contributed by atoms with van der Waals surface area (Å²) in [6, 6.07) is 17.0. The minimum absolute atomic E-state index is 0.109. The number of benzene rings is 3. The molecule has 0 bridgehead atoms. The Bertz CT molecular complexity index is 1420. The molecule has 0 aliphatic rings. The number of hydrogen-bond acceptors (Lipinski definition) is 6. The van der Waals surface area contributed by atoms with Crippen LogP contribution in [0.3, 0.4) is 0 Å². The van der Waals surface area contributed by atoms with Gasteiger partial charge in [-0.25, -0.2) is 4.98 Å². The molecule has 1 N–H and O–H groups in total. The van der Waals surface area contributed by atoms with Crippen LogP contribution in [0.2, 0.25) is 10.0 Å². The molecule has 5 rings (SSSR count). The van der Waals surface area contributed by atoms with E-state index in [0.29, 0.717) is 39.2 Å². The zero-order valence-corrected chi connectivity index (χ0v) is 19.9. The lowest BCUT2D eigenvalue weighted by Crippen LogP contribution is -1.98. The van der Waals surface area contributed by atoms with Gasteiger partial charge >= 0.3 is 0 Å². The molecule has 0 atom stereocenters. The predicted octanol–water partition coefficient (Wildman–Crippen LogP) is 6.74. The van der Waals surface area contributed by atoms with Gasteiger partial charge in [-0.05, 0) is 54.4 Å². The van der Waals surface area contributed by atoms with Crippen molar-refractivity contribution in [1.29, 1.82) is 0 Å². The molecule has 7 nitrogen and oxygen atoms in total. The Morgan fingerprint density at radius 1 is 0.912 bits per heavy atom. The summed E-state index contributed by atoms with van der Waals surface area (Å²) in [5, 5.41) is 9.13. The fourth-order valence-corrected chi connectivity index (χ4v) is 3.85. The van der Waals surface area contributed by atoms with Crippen LogP contribution in [0, 0.1) is 0 Å². The van der Waals surface area contributed by atoms with E-state index >= 15 is 0 Å². The quantitative estimate of drug-likeness (QED) is 0.269. The molecule has 0 saturated carbocycles. The maximum Gasteiger partial charge on any atom is 0.254 e. The summed E-state index contributed by atoms with van der Waals surface area (Å²) in [5.74, 6) is 2.57. The van der Waals surface area contributed by atoms with E-state index in [2.05, 4.69) is 27.1 Å². The number of aromatic amines is 1. The predicted molar refractivity (Wildman–Crippen MR) is 132 cm³/mol. The average Bonchev–Trinajstić information content (AvgIpc) is 3.50. The smallest absolute Gasteiger partial charge is 0.254 e. The Balaban J connectivity index is 1.33. The Kier molecular flexibility index (Phi) is 6.13. The molecule has 0 fully saturated rings. The van der Waals surface area contributed by atoms with Gasteiger partial charge < -0.3 is 18.9 Å². The SMILES string of the molecule is CCc1ccc(-c2nnc(COc3ccc(-c4nc5cc(Cl)c(Cl)cc5[nH]4)cc3OC)o2)cc1. The van der Waals surface area contributed by atoms with Crippen LogP contribution in [0.25, 0.3) is 33.9 Å². The van der Waals surface area contributed by atoms with E-state index in [1.165, 1.54) is 5.56 Å². The first-order chi connectivity index (χ1) is 16.5. The normalized spacial score (nSPS) is 11.2. The van der Waals surface area contributed by atoms with Gasteiger partial charge in [0, 0.05) is 11.1 Å². The van der Waals surface area contributed by atoms with E-state index in [1.54, 1.807) is 19.2 Å². The summed E-state index contributed by atoms with van der Waals surface area (Å²) in [5.41, 5.74) is 4.45. The van der Waals surface area contributed by atoms with Crippen molar-refractivity contribution in [2.45, 2.75) is 20.0 Å². The monoisotopic (exact) mass is 494 g/mol. The summed E-state index contributed by atoms with van der Waals surface area (Å²) >= 11 is 12.2. The average molecular weight is 495 g/mol. The van der Waals surface area contributed by atoms with E-state index in [4.69, 9.17) is 37.1 Å². The molecular formula is C25H20Cl2N4O3. The van der Waals surface area contributed by atoms with E-state index in [9.17, 15) is 0 Å². The number of halogens is 2. The largest absolute Gasteiger partial charge is 0.493 e. The van der Waals surface area contributed by atoms with Crippen LogP contribution < -0.4 is 9.47 Å². The van der Waals surface area contributed by atoms with E-state index < -0.39 is 0 Å². The molecule has 0 amide bonds. The molecule has 9 heteroatoms. The lowest BCUT2D eigenvalue weighted by molar-refractivity contribution is 0.251. The maximum absolute atomic E-state index is 6.11. The van der Waals surface area contributed by atoms with Crippen LogP contribution in [-0.4, -0.2) is 27.3 Å². The Morgan fingerprint density at radius 3 is 2.44 bits per heavy atom. The molecule has 0 radical (unpaired) electrons. The van der Waals surface area contributed by atoms with Gasteiger partial charge in [0.05, 0.1) is 28.2 Å². The van der Waals surface area contributed by atoms with E-state index in [1.807, 2.05) is 42.5 Å². The van der Waals surface area contributed by atoms with Gasteiger partial charge in [0.15, 0.2) is 18.1 Å². The second kappa shape index (κ2) is 9.37. The number of imidazole rings is 1. The number of methoxy groups -OCH3 is 1. The third kappa shape index (κ3) is 4.44.